The lowest BCUT2D eigenvalue weighted by atomic mass is 9.85. The third-order valence-corrected chi connectivity index (χ3v) is 12.3. The van der Waals surface area contributed by atoms with Gasteiger partial charge in [-0.1, -0.05) is 33.6 Å². The number of carboxylic acids is 1. The van der Waals surface area contributed by atoms with Gasteiger partial charge in [-0.2, -0.15) is 79.0 Å². The van der Waals surface area contributed by atoms with E-state index in [1.807, 2.05) is 0 Å². The van der Waals surface area contributed by atoms with Crippen LogP contribution in [-0.4, -0.2) is 96.5 Å². The van der Waals surface area contributed by atoms with Gasteiger partial charge in [-0.25, -0.2) is 14.8 Å². The van der Waals surface area contributed by atoms with Gasteiger partial charge >= 0.3 is 43.0 Å². The molecule has 2 aliphatic rings. The van der Waals surface area contributed by atoms with Gasteiger partial charge in [0.15, 0.2) is 11.4 Å². The highest BCUT2D eigenvalue weighted by Crippen LogP contribution is 2.52. The van der Waals surface area contributed by atoms with Crippen LogP contribution in [0, 0.1) is 13.8 Å². The number of aromatic carboxylic acids is 1. The van der Waals surface area contributed by atoms with Crippen molar-refractivity contribution in [3.05, 3.63) is 141 Å². The van der Waals surface area contributed by atoms with Crippen LogP contribution in [0.3, 0.4) is 0 Å². The van der Waals surface area contributed by atoms with Crippen molar-refractivity contribution in [1.29, 1.82) is 0 Å². The molecule has 6 aromatic rings. The molecule has 83 heavy (non-hydrogen) atoms. The van der Waals surface area contributed by atoms with Gasteiger partial charge in [0.1, 0.15) is 28.4 Å². The molecular formula is C50H40F18N8O7. The number of hydrogen-bond acceptors (Lipinski definition) is 11. The molecule has 8 rings (SSSR count). The van der Waals surface area contributed by atoms with Crippen molar-refractivity contribution >= 4 is 46.2 Å². The molecule has 0 saturated carbocycles. The van der Waals surface area contributed by atoms with Gasteiger partial charge in [0.25, 0.3) is 17.1 Å². The van der Waals surface area contributed by atoms with Gasteiger partial charge < -0.3 is 25.8 Å². The smallest absolute Gasteiger partial charge is 0.435 e. The number of rotatable bonds is 13. The molecule has 4 N–H and O–H groups in total. The zero-order chi connectivity index (χ0) is 62.1. The number of Topliss-reactive ketones (excluding diaryl/α,β-unsaturated/α-hetero) is 2. The van der Waals surface area contributed by atoms with E-state index in [0.717, 1.165) is 30.3 Å². The maximum atomic E-state index is 14.4. The average molecular weight is 1210 g/mol. The fraction of sp³-hybridized carbons (Fsp3) is 0.360. The second kappa shape index (κ2) is 23.5. The van der Waals surface area contributed by atoms with Crippen LogP contribution in [0.15, 0.2) is 95.8 Å². The molecule has 0 fully saturated rings. The van der Waals surface area contributed by atoms with Crippen LogP contribution >= 0.6 is 0 Å². The van der Waals surface area contributed by atoms with Crippen molar-refractivity contribution in [1.82, 2.24) is 24.1 Å². The molecule has 15 nitrogen and oxygen atoms in total. The zero-order valence-corrected chi connectivity index (χ0v) is 42.2. The first kappa shape index (κ1) is 63.9. The Hall–Kier alpha value is -8.26. The normalized spacial score (nSPS) is 17.6. The molecule has 2 atom stereocenters. The van der Waals surface area contributed by atoms with Crippen LogP contribution in [0.1, 0.15) is 104 Å². The number of carbonyl (C=O) groups excluding carboxylic acids is 3. The average Bonchev–Trinajstić information content (AvgIpc) is 1.86. The number of oxime groups is 2. The number of alkyl halides is 18. The predicted molar refractivity (Wildman–Crippen MR) is 252 cm³/mol. The molecular weight excluding hydrogens is 1170 g/mol. The van der Waals surface area contributed by atoms with Crippen molar-refractivity contribution < 1.29 is 113 Å². The topological polar surface area (TPSA) is 204 Å². The Morgan fingerprint density at radius 1 is 0.590 bits per heavy atom. The van der Waals surface area contributed by atoms with E-state index in [1.54, 1.807) is 0 Å². The molecule has 0 radical (unpaired) electrons. The van der Waals surface area contributed by atoms with Gasteiger partial charge in [-0.3, -0.25) is 23.2 Å². The highest BCUT2D eigenvalue weighted by molar-refractivity contribution is 6.05. The molecule has 0 spiro atoms. The van der Waals surface area contributed by atoms with Crippen LogP contribution in [0.5, 0.6) is 0 Å². The summed E-state index contributed by atoms with van der Waals surface area (Å²) in [5.41, 5.74) is -6.74. The summed E-state index contributed by atoms with van der Waals surface area (Å²) in [4.78, 5) is 63.5. The monoisotopic (exact) mass is 1210 g/mol. The molecule has 0 aliphatic carbocycles. The first-order chi connectivity index (χ1) is 38.2. The summed E-state index contributed by atoms with van der Waals surface area (Å²) >= 11 is 0. The number of benzene rings is 2. The van der Waals surface area contributed by atoms with E-state index < -0.39 is 139 Å². The zero-order valence-electron chi connectivity index (χ0n) is 42.2. The van der Waals surface area contributed by atoms with E-state index in [4.69, 9.17) is 15.4 Å². The quantitative estimate of drug-likeness (QED) is 0.0933. The van der Waals surface area contributed by atoms with E-state index in [2.05, 4.69) is 25.6 Å². The fourth-order valence-electron chi connectivity index (χ4n) is 8.31. The molecule has 2 aromatic carbocycles. The molecule has 6 heterocycles. The lowest BCUT2D eigenvalue weighted by molar-refractivity contribution is -0.276. The number of hydrogen-bond donors (Lipinski definition) is 3. The van der Waals surface area contributed by atoms with Crippen molar-refractivity contribution in [3.63, 3.8) is 0 Å². The Kier molecular flexibility index (Phi) is 18.1. The number of halogens is 18. The SMILES string of the molecule is Cc1cc(C(F)(F)F)cc(C2(C(F)(F)F)CC(c3ccc(C(=O)NCC(=O)CCC(F)(F)F)c4nccn34)=NO2)c1.Cc1cc(C(F)(F)F)cc(C2(C(F)(F)F)CC(c3ccc(C(=O)O)c4nccn34)=NO2)c1.NCC(=O)CCC(F)(F)F. The second-order valence-electron chi connectivity index (χ2n) is 18.4. The van der Waals surface area contributed by atoms with Crippen LogP contribution in [0.25, 0.3) is 11.3 Å². The van der Waals surface area contributed by atoms with E-state index in [1.165, 1.54) is 59.6 Å². The van der Waals surface area contributed by atoms with Crippen molar-refractivity contribution in [2.45, 2.75) is 101 Å². The summed E-state index contributed by atoms with van der Waals surface area (Å²) in [5.74, 6) is -3.61. The van der Waals surface area contributed by atoms with Crippen molar-refractivity contribution in [2.24, 2.45) is 16.0 Å². The van der Waals surface area contributed by atoms with Crippen molar-refractivity contribution in [3.8, 4) is 0 Å². The number of amides is 1. The van der Waals surface area contributed by atoms with Crippen LogP contribution < -0.4 is 11.1 Å². The number of nitrogens with one attached hydrogen (secondary N) is 1. The second-order valence-corrected chi connectivity index (χ2v) is 18.4. The number of nitrogens with two attached hydrogens (primary N) is 1. The number of pyridine rings is 2. The third-order valence-electron chi connectivity index (χ3n) is 12.3. The summed E-state index contributed by atoms with van der Waals surface area (Å²) in [6.07, 6.45) is -29.5. The Labute approximate surface area is 453 Å². The number of fused-ring (bicyclic) bond motifs is 2. The first-order valence-corrected chi connectivity index (χ1v) is 23.5. The fourth-order valence-corrected chi connectivity index (χ4v) is 8.31. The molecule has 448 valence electrons. The Morgan fingerprint density at radius 3 is 1.36 bits per heavy atom. The highest BCUT2D eigenvalue weighted by atomic mass is 19.4. The number of imidazole rings is 2. The summed E-state index contributed by atoms with van der Waals surface area (Å²) in [7, 11) is 0. The molecule has 4 aromatic heterocycles. The summed E-state index contributed by atoms with van der Waals surface area (Å²) in [6.45, 7) is 1.45. The third kappa shape index (κ3) is 14.7. The van der Waals surface area contributed by atoms with E-state index in [9.17, 15) is 103 Å². The largest absolute Gasteiger partial charge is 0.478 e. The van der Waals surface area contributed by atoms with Crippen LogP contribution in [-0.2, 0) is 42.8 Å². The minimum absolute atomic E-state index is 0.0230. The minimum Gasteiger partial charge on any atom is -0.478 e. The van der Waals surface area contributed by atoms with E-state index in [0.29, 0.717) is 18.2 Å². The summed E-state index contributed by atoms with van der Waals surface area (Å²) < 4.78 is 239. The highest BCUT2D eigenvalue weighted by Gasteiger charge is 2.64. The molecule has 1 amide bonds. The maximum Gasteiger partial charge on any atom is 0.435 e. The number of aromatic nitrogens is 4. The van der Waals surface area contributed by atoms with Crippen LogP contribution in [0.4, 0.5) is 79.0 Å². The van der Waals surface area contributed by atoms with Gasteiger partial charge in [-0.05, 0) is 62.4 Å². The van der Waals surface area contributed by atoms with Gasteiger partial charge in [0.05, 0.1) is 66.9 Å². The maximum absolute atomic E-state index is 14.4. The standard InChI is InChI=1S/C25H19F9N4O3.C20H13F6N3O3.C5H8F3NO/c1-13-8-14(10-15(9-13)24(29,30)31)22(25(32,33)34)11-18(37-41-22)19-3-2-17(20-35-6-7-38(19)20)21(40)36-12-16(39)4-5-23(26,27)28;1-10-6-11(8-12(7-10)19(21,22)23)18(20(24,25)26)9-14(28-32-18)15-3-2-13(17(30)31)16-27-4-5-29(15)16;6-5(7,8)2-1-4(10)3-9/h2-3,6-10H,4-5,11-12H2,1H3,(H,36,40);2-8H,9H2,1H3,(H,30,31);1-3,9H2. The summed E-state index contributed by atoms with van der Waals surface area (Å²) in [5, 5.41) is 18.5. The number of aryl methyl sites for hydroxylation is 2. The molecule has 0 bridgehead atoms. The lowest BCUT2D eigenvalue weighted by Gasteiger charge is -2.30. The Morgan fingerprint density at radius 2 is 0.988 bits per heavy atom. The Bertz CT molecular complexity index is 3490. The molecule has 2 unspecified atom stereocenters. The van der Waals surface area contributed by atoms with Gasteiger partial charge in [0.2, 0.25) is 0 Å². The summed E-state index contributed by atoms with van der Waals surface area (Å²) in [6, 6.07) is 8.85. The van der Waals surface area contributed by atoms with Crippen LogP contribution in [0.2, 0.25) is 0 Å². The van der Waals surface area contributed by atoms with Gasteiger partial charge in [-0.15, -0.1) is 0 Å². The van der Waals surface area contributed by atoms with E-state index in [-0.39, 0.29) is 62.9 Å². The van der Waals surface area contributed by atoms with E-state index >= 15 is 0 Å². The molecule has 33 heteroatoms. The Balaban J connectivity index is 0.000000233. The molecule has 0 saturated heterocycles. The predicted octanol–water partition coefficient (Wildman–Crippen LogP) is 11.7. The van der Waals surface area contributed by atoms with Crippen molar-refractivity contribution in [2.75, 3.05) is 13.1 Å². The first-order valence-electron chi connectivity index (χ1n) is 23.5. The number of ketones is 2. The molecule has 2 aliphatic heterocycles. The lowest BCUT2D eigenvalue weighted by Crippen LogP contribution is -2.43. The number of nitrogens with zero attached hydrogens (tertiary/aromatic N) is 6. The number of carboxylic acid groups (broad SMARTS) is 1. The van der Waals surface area contributed by atoms with Gasteiger partial charge in [0, 0.05) is 48.8 Å². The minimum atomic E-state index is -5.19. The number of carbonyl (C=O) groups is 4.